The van der Waals surface area contributed by atoms with Crippen molar-refractivity contribution in [3.05, 3.63) is 48.2 Å². The highest BCUT2D eigenvalue weighted by Crippen LogP contribution is 2.48. The number of pyridine rings is 1. The lowest BCUT2D eigenvalue weighted by atomic mass is 10.2. The van der Waals surface area contributed by atoms with Gasteiger partial charge < -0.3 is 20.5 Å². The second-order valence-corrected chi connectivity index (χ2v) is 8.87. The van der Waals surface area contributed by atoms with Gasteiger partial charge in [-0.25, -0.2) is 18.6 Å². The molecule has 1 aromatic carbocycles. The Bertz CT molecular complexity index is 1220. The van der Waals surface area contributed by atoms with Gasteiger partial charge in [0.05, 0.1) is 16.8 Å². The van der Waals surface area contributed by atoms with Crippen molar-refractivity contribution in [3.8, 4) is 0 Å². The second kappa shape index (κ2) is 8.67. The van der Waals surface area contributed by atoms with E-state index in [4.69, 9.17) is 0 Å². The van der Waals surface area contributed by atoms with Gasteiger partial charge in [-0.2, -0.15) is 13.2 Å². The summed E-state index contributed by atoms with van der Waals surface area (Å²) in [7, 11) is 0. The van der Waals surface area contributed by atoms with Crippen LogP contribution in [0.1, 0.15) is 12.0 Å². The predicted octanol–water partition coefficient (Wildman–Crippen LogP) is 5.00. The molecule has 3 aromatic rings. The first-order chi connectivity index (χ1) is 16.6. The standard InChI is InChI=1S/C23H23F5N6O/c24-22(25)11-15(22)13-33-7-9-34(10-8-33)19-6-5-17-20(32-19)18(12-29-17)31-21(35)30-16-3-1-14(2-4-16)23(26,27)28/h1-6,12,15,29H,7-11,13H2,(H2,30,31,35). The van der Waals surface area contributed by atoms with E-state index in [1.165, 1.54) is 12.1 Å². The van der Waals surface area contributed by atoms with Crippen LogP contribution in [0.3, 0.4) is 0 Å². The number of halogens is 5. The molecule has 1 saturated heterocycles. The van der Waals surface area contributed by atoms with Gasteiger partial charge in [-0.15, -0.1) is 0 Å². The maximum absolute atomic E-state index is 13.2. The molecule has 186 valence electrons. The van der Waals surface area contributed by atoms with Crippen LogP contribution in [-0.2, 0) is 6.18 Å². The highest BCUT2D eigenvalue weighted by molar-refractivity contribution is 6.05. The Kier molecular flexibility index (Phi) is 5.78. The number of carbonyl (C=O) groups excluding carboxylic acids is 1. The minimum Gasteiger partial charge on any atom is -0.358 e. The van der Waals surface area contributed by atoms with Crippen LogP contribution in [0.2, 0.25) is 0 Å². The average Bonchev–Trinajstić information content (AvgIpc) is 3.22. The zero-order chi connectivity index (χ0) is 24.8. The third kappa shape index (κ3) is 5.16. The summed E-state index contributed by atoms with van der Waals surface area (Å²) < 4.78 is 64.5. The fraction of sp³-hybridized carbons (Fsp3) is 0.391. The Balaban J connectivity index is 1.21. The van der Waals surface area contributed by atoms with E-state index < -0.39 is 29.6 Å². The molecule has 0 bridgehead atoms. The number of hydrogen-bond acceptors (Lipinski definition) is 4. The number of carbonyl (C=O) groups is 1. The first-order valence-corrected chi connectivity index (χ1v) is 11.2. The van der Waals surface area contributed by atoms with Crippen molar-refractivity contribution in [1.29, 1.82) is 0 Å². The van der Waals surface area contributed by atoms with Gasteiger partial charge in [0, 0.05) is 56.9 Å². The van der Waals surface area contributed by atoms with Gasteiger partial charge in [0.1, 0.15) is 11.3 Å². The highest BCUT2D eigenvalue weighted by Gasteiger charge is 2.57. The molecule has 0 spiro atoms. The van der Waals surface area contributed by atoms with Gasteiger partial charge in [-0.3, -0.25) is 4.90 Å². The Morgan fingerprint density at radius 3 is 2.37 bits per heavy atom. The van der Waals surface area contributed by atoms with Crippen LogP contribution in [0, 0.1) is 5.92 Å². The van der Waals surface area contributed by atoms with Gasteiger partial charge in [0.25, 0.3) is 5.92 Å². The van der Waals surface area contributed by atoms with Gasteiger partial charge in [-0.05, 0) is 36.4 Å². The Hall–Kier alpha value is -3.41. The first kappa shape index (κ1) is 23.3. The molecule has 1 unspecified atom stereocenters. The number of fused-ring (bicyclic) bond motifs is 1. The molecule has 3 N–H and O–H groups in total. The Morgan fingerprint density at radius 2 is 1.74 bits per heavy atom. The van der Waals surface area contributed by atoms with Crippen molar-refractivity contribution in [3.63, 3.8) is 0 Å². The summed E-state index contributed by atoms with van der Waals surface area (Å²) in [4.78, 5) is 24.2. The van der Waals surface area contributed by atoms with Crippen molar-refractivity contribution in [2.45, 2.75) is 18.5 Å². The number of rotatable bonds is 5. The van der Waals surface area contributed by atoms with Crippen LogP contribution < -0.4 is 15.5 Å². The number of H-pyrrole nitrogens is 1. The number of piperazine rings is 1. The molecule has 7 nitrogen and oxygen atoms in total. The van der Waals surface area contributed by atoms with Crippen molar-refractivity contribution in [2.24, 2.45) is 5.92 Å². The largest absolute Gasteiger partial charge is 0.416 e. The first-order valence-electron chi connectivity index (χ1n) is 11.2. The van der Waals surface area contributed by atoms with Crippen molar-refractivity contribution in [1.82, 2.24) is 14.9 Å². The van der Waals surface area contributed by atoms with Crippen LogP contribution >= 0.6 is 0 Å². The van der Waals surface area contributed by atoms with Crippen LogP contribution in [0.5, 0.6) is 0 Å². The second-order valence-electron chi connectivity index (χ2n) is 8.87. The van der Waals surface area contributed by atoms with Crippen LogP contribution in [0.15, 0.2) is 42.6 Å². The molecule has 12 heteroatoms. The lowest BCUT2D eigenvalue weighted by Gasteiger charge is -2.35. The van der Waals surface area contributed by atoms with Gasteiger partial charge in [0.15, 0.2) is 0 Å². The van der Waals surface area contributed by atoms with Crippen LogP contribution in [0.25, 0.3) is 11.0 Å². The molecule has 1 aliphatic heterocycles. The number of hydrogen-bond donors (Lipinski definition) is 3. The quantitative estimate of drug-likeness (QED) is 0.437. The number of alkyl halides is 5. The SMILES string of the molecule is O=C(Nc1ccc(C(F)(F)F)cc1)Nc1c[nH]c2ccc(N3CCN(CC4CC4(F)F)CC3)nc12. The van der Waals surface area contributed by atoms with E-state index in [2.05, 4.69) is 30.4 Å². The molecule has 5 rings (SSSR count). The van der Waals surface area contributed by atoms with Gasteiger partial charge >= 0.3 is 12.2 Å². The van der Waals surface area contributed by atoms with Gasteiger partial charge in [0.2, 0.25) is 0 Å². The van der Waals surface area contributed by atoms with Crippen molar-refractivity contribution in [2.75, 3.05) is 48.3 Å². The van der Waals surface area contributed by atoms with Gasteiger partial charge in [-0.1, -0.05) is 0 Å². The maximum atomic E-state index is 13.2. The molecule has 2 fully saturated rings. The summed E-state index contributed by atoms with van der Waals surface area (Å²) in [5.74, 6) is -2.34. The van der Waals surface area contributed by atoms with E-state index in [1.807, 2.05) is 12.1 Å². The van der Waals surface area contributed by atoms with E-state index in [0.29, 0.717) is 55.3 Å². The van der Waals surface area contributed by atoms with Crippen molar-refractivity contribution >= 4 is 34.3 Å². The molecule has 2 amide bonds. The van der Waals surface area contributed by atoms with E-state index in [1.54, 1.807) is 6.20 Å². The van der Waals surface area contributed by atoms with E-state index >= 15 is 0 Å². The normalized spacial score (nSPS) is 20.1. The smallest absolute Gasteiger partial charge is 0.358 e. The number of aromatic amines is 1. The third-order valence-corrected chi connectivity index (χ3v) is 6.36. The number of benzene rings is 1. The fourth-order valence-electron chi connectivity index (χ4n) is 4.23. The Labute approximate surface area is 197 Å². The monoisotopic (exact) mass is 494 g/mol. The fourth-order valence-corrected chi connectivity index (χ4v) is 4.23. The minimum atomic E-state index is -4.45. The number of nitrogens with one attached hydrogen (secondary N) is 3. The van der Waals surface area contributed by atoms with E-state index in [-0.39, 0.29) is 12.1 Å². The summed E-state index contributed by atoms with van der Waals surface area (Å²) in [6.45, 7) is 3.05. The maximum Gasteiger partial charge on any atom is 0.416 e. The third-order valence-electron chi connectivity index (χ3n) is 6.36. The summed E-state index contributed by atoms with van der Waals surface area (Å²) in [5.41, 5.74) is 1.06. The number of nitrogens with zero attached hydrogens (tertiary/aromatic N) is 3. The number of aromatic nitrogens is 2. The number of urea groups is 1. The molecule has 0 radical (unpaired) electrons. The molecule has 2 aromatic heterocycles. The van der Waals surface area contributed by atoms with E-state index in [9.17, 15) is 26.7 Å². The number of anilines is 3. The van der Waals surface area contributed by atoms with E-state index in [0.717, 1.165) is 12.1 Å². The molecular weight excluding hydrogens is 471 g/mol. The molecular formula is C23H23F5N6O. The lowest BCUT2D eigenvalue weighted by molar-refractivity contribution is -0.137. The topological polar surface area (TPSA) is 76.3 Å². The predicted molar refractivity (Wildman–Crippen MR) is 122 cm³/mol. The summed E-state index contributed by atoms with van der Waals surface area (Å²) >= 11 is 0. The molecule has 1 saturated carbocycles. The Morgan fingerprint density at radius 1 is 1.06 bits per heavy atom. The molecule has 35 heavy (non-hydrogen) atoms. The summed E-state index contributed by atoms with van der Waals surface area (Å²) in [6, 6.07) is 7.22. The number of amides is 2. The van der Waals surface area contributed by atoms with Crippen LogP contribution in [0.4, 0.5) is 43.9 Å². The molecule has 2 aliphatic rings. The average molecular weight is 494 g/mol. The molecule has 1 atom stereocenters. The lowest BCUT2D eigenvalue weighted by Crippen LogP contribution is -2.47. The zero-order valence-electron chi connectivity index (χ0n) is 18.5. The molecule has 3 heterocycles. The molecule has 1 aliphatic carbocycles. The summed E-state index contributed by atoms with van der Waals surface area (Å²) in [6.07, 6.45) is -2.89. The highest BCUT2D eigenvalue weighted by atomic mass is 19.4. The van der Waals surface area contributed by atoms with Crippen molar-refractivity contribution < 1.29 is 26.7 Å². The minimum absolute atomic E-state index is 0.0266. The summed E-state index contributed by atoms with van der Waals surface area (Å²) in [5, 5.41) is 5.17. The van der Waals surface area contributed by atoms with Crippen LogP contribution in [-0.4, -0.2) is 59.5 Å². The zero-order valence-corrected chi connectivity index (χ0v) is 18.5.